The Balaban J connectivity index is 1.96. The second-order valence-electron chi connectivity index (χ2n) is 6.79. The van der Waals surface area contributed by atoms with Crippen molar-refractivity contribution in [2.75, 3.05) is 13.2 Å². The molecule has 122 valence electrons. The summed E-state index contributed by atoms with van der Waals surface area (Å²) in [5, 5.41) is 0. The molecule has 0 radical (unpaired) electrons. The summed E-state index contributed by atoms with van der Waals surface area (Å²) in [5.41, 5.74) is 2.28. The van der Waals surface area contributed by atoms with Crippen LogP contribution in [0.15, 0.2) is 41.5 Å². The summed E-state index contributed by atoms with van der Waals surface area (Å²) in [6, 6.07) is 6.10. The van der Waals surface area contributed by atoms with E-state index in [1.165, 1.54) is 12.1 Å². The first-order chi connectivity index (χ1) is 11.0. The van der Waals surface area contributed by atoms with Crippen molar-refractivity contribution in [3.63, 3.8) is 0 Å². The molecule has 3 rings (SSSR count). The second-order valence-corrected chi connectivity index (χ2v) is 6.79. The molecule has 0 bridgehead atoms. The highest BCUT2D eigenvalue weighted by molar-refractivity contribution is 5.62. The Hall–Kier alpha value is -1.94. The van der Waals surface area contributed by atoms with Gasteiger partial charge in [-0.25, -0.2) is 4.39 Å². The lowest BCUT2D eigenvalue weighted by molar-refractivity contribution is 0.0154. The van der Waals surface area contributed by atoms with Gasteiger partial charge < -0.3 is 9.30 Å². The van der Waals surface area contributed by atoms with Gasteiger partial charge in [0.1, 0.15) is 5.82 Å². The molecule has 0 amide bonds. The number of rotatable bonds is 3. The Kier molecular flexibility index (Phi) is 4.35. The third-order valence-corrected chi connectivity index (χ3v) is 4.68. The van der Waals surface area contributed by atoms with Crippen molar-refractivity contribution in [2.24, 2.45) is 5.41 Å². The van der Waals surface area contributed by atoms with Gasteiger partial charge in [-0.1, -0.05) is 19.1 Å². The van der Waals surface area contributed by atoms with E-state index in [0.717, 1.165) is 38.2 Å². The molecule has 2 heterocycles. The van der Waals surface area contributed by atoms with Crippen LogP contribution in [0, 0.1) is 18.2 Å². The molecule has 0 unspecified atom stereocenters. The normalized spacial score (nSPS) is 17.2. The van der Waals surface area contributed by atoms with Crippen molar-refractivity contribution in [1.29, 1.82) is 0 Å². The Morgan fingerprint density at radius 1 is 1.17 bits per heavy atom. The summed E-state index contributed by atoms with van der Waals surface area (Å²) in [5.74, 6) is -0.295. The van der Waals surface area contributed by atoms with E-state index in [0.29, 0.717) is 11.1 Å². The maximum absolute atomic E-state index is 13.1. The molecule has 0 N–H and O–H groups in total. The van der Waals surface area contributed by atoms with Gasteiger partial charge in [-0.3, -0.25) is 4.79 Å². The summed E-state index contributed by atoms with van der Waals surface area (Å²) < 4.78 is 20.7. The number of ether oxygens (including phenoxy) is 1. The zero-order chi connectivity index (χ0) is 16.4. The first-order valence-electron chi connectivity index (χ1n) is 8.01. The quantitative estimate of drug-likeness (QED) is 0.863. The SMILES string of the molecule is Cc1cn(CC2(C)CCOCC2)cc(-c2ccc(F)cc2)c1=O. The molecule has 0 atom stereocenters. The van der Waals surface area contributed by atoms with Crippen LogP contribution in [-0.4, -0.2) is 17.8 Å². The van der Waals surface area contributed by atoms with E-state index in [9.17, 15) is 9.18 Å². The number of aryl methyl sites for hydroxylation is 1. The first-order valence-corrected chi connectivity index (χ1v) is 8.01. The van der Waals surface area contributed by atoms with Gasteiger partial charge in [0.25, 0.3) is 0 Å². The topological polar surface area (TPSA) is 31.2 Å². The molecule has 1 saturated heterocycles. The predicted octanol–water partition coefficient (Wildman–Crippen LogP) is 3.78. The molecule has 0 aliphatic carbocycles. The highest BCUT2D eigenvalue weighted by atomic mass is 19.1. The zero-order valence-corrected chi connectivity index (χ0v) is 13.6. The molecule has 0 spiro atoms. The van der Waals surface area contributed by atoms with E-state index >= 15 is 0 Å². The molecule has 1 fully saturated rings. The molecule has 23 heavy (non-hydrogen) atoms. The van der Waals surface area contributed by atoms with Crippen LogP contribution in [0.25, 0.3) is 11.1 Å². The van der Waals surface area contributed by atoms with E-state index in [1.54, 1.807) is 12.1 Å². The highest BCUT2D eigenvalue weighted by Crippen LogP contribution is 2.32. The van der Waals surface area contributed by atoms with Crippen LogP contribution in [0.1, 0.15) is 25.3 Å². The van der Waals surface area contributed by atoms with E-state index in [4.69, 9.17) is 4.74 Å². The lowest BCUT2D eigenvalue weighted by Gasteiger charge is -2.34. The summed E-state index contributed by atoms with van der Waals surface area (Å²) >= 11 is 0. The van der Waals surface area contributed by atoms with Crippen molar-refractivity contribution < 1.29 is 9.13 Å². The number of pyridine rings is 1. The Labute approximate surface area is 135 Å². The van der Waals surface area contributed by atoms with Gasteiger partial charge in [0.2, 0.25) is 0 Å². The third-order valence-electron chi connectivity index (χ3n) is 4.68. The number of aromatic nitrogens is 1. The van der Waals surface area contributed by atoms with E-state index in [2.05, 4.69) is 11.5 Å². The fourth-order valence-electron chi connectivity index (χ4n) is 3.17. The third kappa shape index (κ3) is 3.53. The number of benzene rings is 1. The summed E-state index contributed by atoms with van der Waals surface area (Å²) in [6.45, 7) is 6.53. The largest absolute Gasteiger partial charge is 0.381 e. The maximum atomic E-state index is 13.1. The number of hydrogen-bond acceptors (Lipinski definition) is 2. The van der Waals surface area contributed by atoms with Crippen molar-refractivity contribution in [3.8, 4) is 11.1 Å². The van der Waals surface area contributed by atoms with Crippen LogP contribution in [-0.2, 0) is 11.3 Å². The second kappa shape index (κ2) is 6.28. The van der Waals surface area contributed by atoms with Gasteiger partial charge in [-0.2, -0.15) is 0 Å². The molecule has 1 aromatic carbocycles. The maximum Gasteiger partial charge on any atom is 0.192 e. The average molecular weight is 315 g/mol. The van der Waals surface area contributed by atoms with Crippen LogP contribution in [0.4, 0.5) is 4.39 Å². The predicted molar refractivity (Wildman–Crippen MR) is 89.0 cm³/mol. The van der Waals surface area contributed by atoms with Crippen molar-refractivity contribution in [3.05, 3.63) is 58.3 Å². The molecule has 0 saturated carbocycles. The molecule has 3 nitrogen and oxygen atoms in total. The summed E-state index contributed by atoms with van der Waals surface area (Å²) in [7, 11) is 0. The van der Waals surface area contributed by atoms with Gasteiger partial charge in [0.05, 0.1) is 0 Å². The van der Waals surface area contributed by atoms with Crippen molar-refractivity contribution in [1.82, 2.24) is 4.57 Å². The van der Waals surface area contributed by atoms with Gasteiger partial charge in [-0.15, -0.1) is 0 Å². The van der Waals surface area contributed by atoms with Crippen LogP contribution in [0.3, 0.4) is 0 Å². The van der Waals surface area contributed by atoms with E-state index in [-0.39, 0.29) is 16.7 Å². The molecular weight excluding hydrogens is 293 g/mol. The Morgan fingerprint density at radius 2 is 1.83 bits per heavy atom. The Morgan fingerprint density at radius 3 is 2.48 bits per heavy atom. The molecular formula is C19H22FNO2. The fourth-order valence-corrected chi connectivity index (χ4v) is 3.17. The van der Waals surface area contributed by atoms with Crippen molar-refractivity contribution in [2.45, 2.75) is 33.2 Å². The molecule has 1 aliphatic heterocycles. The minimum Gasteiger partial charge on any atom is -0.381 e. The summed E-state index contributed by atoms with van der Waals surface area (Å²) in [4.78, 5) is 12.5. The zero-order valence-electron chi connectivity index (χ0n) is 13.6. The highest BCUT2D eigenvalue weighted by Gasteiger charge is 2.27. The molecule has 1 aliphatic rings. The minimum atomic E-state index is -0.295. The van der Waals surface area contributed by atoms with E-state index in [1.807, 2.05) is 19.3 Å². The Bertz CT molecular complexity index is 743. The monoisotopic (exact) mass is 315 g/mol. The average Bonchev–Trinajstić information content (AvgIpc) is 2.52. The van der Waals surface area contributed by atoms with E-state index < -0.39 is 0 Å². The molecule has 4 heteroatoms. The van der Waals surface area contributed by atoms with Gasteiger partial charge >= 0.3 is 0 Å². The summed E-state index contributed by atoms with van der Waals surface area (Å²) in [6.07, 6.45) is 5.84. The first kappa shape index (κ1) is 15.9. The molecule has 1 aromatic heterocycles. The number of hydrogen-bond donors (Lipinski definition) is 0. The van der Waals surface area contributed by atoms with Crippen LogP contribution < -0.4 is 5.43 Å². The number of nitrogens with zero attached hydrogens (tertiary/aromatic N) is 1. The van der Waals surface area contributed by atoms with Gasteiger partial charge in [-0.05, 0) is 42.9 Å². The van der Waals surface area contributed by atoms with Crippen molar-refractivity contribution >= 4 is 0 Å². The molecule has 2 aromatic rings. The van der Waals surface area contributed by atoms with Crippen LogP contribution >= 0.6 is 0 Å². The number of halogens is 1. The minimum absolute atomic E-state index is 0.00462. The standard InChI is InChI=1S/C19H22FNO2/c1-14-11-21(13-19(2)7-9-23-10-8-19)12-17(18(14)22)15-3-5-16(20)6-4-15/h3-6,11-12H,7-10,13H2,1-2H3. The lowest BCUT2D eigenvalue weighted by atomic mass is 9.82. The lowest BCUT2D eigenvalue weighted by Crippen LogP contribution is -2.31. The fraction of sp³-hybridized carbons (Fsp3) is 0.421. The smallest absolute Gasteiger partial charge is 0.192 e. The van der Waals surface area contributed by atoms with Gasteiger partial charge in [0.15, 0.2) is 5.43 Å². The van der Waals surface area contributed by atoms with Gasteiger partial charge in [0, 0.05) is 43.3 Å². The van der Waals surface area contributed by atoms with Crippen LogP contribution in [0.2, 0.25) is 0 Å². The van der Waals surface area contributed by atoms with Crippen LogP contribution in [0.5, 0.6) is 0 Å².